The molecule has 0 fully saturated rings. The number of aromatic amines is 1. The van der Waals surface area contributed by atoms with E-state index in [0.717, 1.165) is 5.82 Å². The number of benzene rings is 1. The molecular weight excluding hydrogens is 301 g/mol. The zero-order valence-corrected chi connectivity index (χ0v) is 11.0. The number of imidazole rings is 1. The Morgan fingerprint density at radius 1 is 1.50 bits per heavy atom. The van der Waals surface area contributed by atoms with E-state index in [-0.39, 0.29) is 10.0 Å². The normalized spacial score (nSPS) is 10.3. The van der Waals surface area contributed by atoms with Crippen molar-refractivity contribution in [1.82, 2.24) is 15.3 Å². The molecule has 1 aromatic heterocycles. The summed E-state index contributed by atoms with van der Waals surface area (Å²) in [6, 6.07) is 4.62. The number of carbonyl (C=O) groups is 1. The molecule has 0 atom stereocenters. The largest absolute Gasteiger partial charge is 0.351 e. The van der Waals surface area contributed by atoms with Crippen LogP contribution in [0.1, 0.15) is 16.2 Å². The van der Waals surface area contributed by atoms with Crippen molar-refractivity contribution in [2.45, 2.75) is 6.42 Å². The third kappa shape index (κ3) is 2.95. The van der Waals surface area contributed by atoms with Gasteiger partial charge in [0.1, 0.15) is 11.6 Å². The Morgan fingerprint density at radius 2 is 2.33 bits per heavy atom. The van der Waals surface area contributed by atoms with Crippen LogP contribution in [0.3, 0.4) is 0 Å². The zero-order chi connectivity index (χ0) is 13.0. The summed E-state index contributed by atoms with van der Waals surface area (Å²) in [5.74, 6) is -0.196. The fourth-order valence-corrected chi connectivity index (χ4v) is 1.87. The molecule has 0 bridgehead atoms. The molecule has 0 saturated carbocycles. The maximum atomic E-state index is 13.6. The van der Waals surface area contributed by atoms with E-state index in [9.17, 15) is 9.18 Å². The second-order valence-electron chi connectivity index (χ2n) is 3.64. The molecule has 0 radical (unpaired) electrons. The molecule has 1 amide bonds. The van der Waals surface area contributed by atoms with Gasteiger partial charge in [-0.3, -0.25) is 4.79 Å². The average Bonchev–Trinajstić information content (AvgIpc) is 2.85. The van der Waals surface area contributed by atoms with Crippen LogP contribution in [0.4, 0.5) is 4.39 Å². The van der Waals surface area contributed by atoms with Gasteiger partial charge in [0.2, 0.25) is 0 Å². The number of rotatable bonds is 4. The topological polar surface area (TPSA) is 57.8 Å². The van der Waals surface area contributed by atoms with Crippen molar-refractivity contribution in [2.75, 3.05) is 6.54 Å². The van der Waals surface area contributed by atoms with E-state index in [1.807, 2.05) is 0 Å². The van der Waals surface area contributed by atoms with Crippen molar-refractivity contribution in [2.24, 2.45) is 0 Å². The summed E-state index contributed by atoms with van der Waals surface area (Å²) in [6.07, 6.45) is 3.94. The summed E-state index contributed by atoms with van der Waals surface area (Å²) in [5, 5.41) is 2.65. The molecule has 2 N–H and O–H groups in total. The lowest BCUT2D eigenvalue weighted by atomic mass is 10.2. The van der Waals surface area contributed by atoms with Crippen LogP contribution in [0.2, 0.25) is 0 Å². The minimum atomic E-state index is -0.548. The average molecular weight is 312 g/mol. The van der Waals surface area contributed by atoms with Gasteiger partial charge in [-0.15, -0.1) is 0 Å². The Balaban J connectivity index is 1.93. The number of hydrogen-bond acceptors (Lipinski definition) is 2. The van der Waals surface area contributed by atoms with Crippen LogP contribution in [-0.4, -0.2) is 22.4 Å². The van der Waals surface area contributed by atoms with Gasteiger partial charge in [-0.1, -0.05) is 6.07 Å². The van der Waals surface area contributed by atoms with Gasteiger partial charge in [0.05, 0.1) is 10.0 Å². The Bertz CT molecular complexity index is 542. The highest BCUT2D eigenvalue weighted by atomic mass is 79.9. The van der Waals surface area contributed by atoms with Crippen molar-refractivity contribution in [3.63, 3.8) is 0 Å². The molecule has 0 saturated heterocycles. The van der Waals surface area contributed by atoms with Crippen LogP contribution in [0, 0.1) is 5.82 Å². The smallest absolute Gasteiger partial charge is 0.254 e. The van der Waals surface area contributed by atoms with Gasteiger partial charge in [0, 0.05) is 25.4 Å². The standard InChI is InChI=1S/C12H11BrFN3O/c13-9-3-1-2-8(11(9)14)12(18)17-5-4-10-15-6-7-16-10/h1-3,6-7H,4-5H2,(H,15,16)(H,17,18). The van der Waals surface area contributed by atoms with Gasteiger partial charge < -0.3 is 10.3 Å². The SMILES string of the molecule is O=C(NCCc1ncc[nH]1)c1cccc(Br)c1F. The molecular formula is C12H11BrFN3O. The maximum absolute atomic E-state index is 13.6. The van der Waals surface area contributed by atoms with Crippen LogP contribution in [0.25, 0.3) is 0 Å². The molecule has 2 rings (SSSR count). The highest BCUT2D eigenvalue weighted by molar-refractivity contribution is 9.10. The van der Waals surface area contributed by atoms with Crippen molar-refractivity contribution in [3.8, 4) is 0 Å². The van der Waals surface area contributed by atoms with Crippen LogP contribution < -0.4 is 5.32 Å². The minimum Gasteiger partial charge on any atom is -0.351 e. The predicted octanol–water partition coefficient (Wildman–Crippen LogP) is 2.28. The first-order valence-corrected chi connectivity index (χ1v) is 6.18. The predicted molar refractivity (Wildman–Crippen MR) is 68.7 cm³/mol. The Labute approximate surface area is 112 Å². The Morgan fingerprint density at radius 3 is 3.06 bits per heavy atom. The summed E-state index contributed by atoms with van der Waals surface area (Å²) < 4.78 is 13.9. The van der Waals surface area contributed by atoms with Gasteiger partial charge in [-0.2, -0.15) is 0 Å². The van der Waals surface area contributed by atoms with Gasteiger partial charge >= 0.3 is 0 Å². The summed E-state index contributed by atoms with van der Waals surface area (Å²) in [7, 11) is 0. The third-order valence-electron chi connectivity index (χ3n) is 2.40. The van der Waals surface area contributed by atoms with Crippen molar-refractivity contribution >= 4 is 21.8 Å². The number of hydrogen-bond donors (Lipinski definition) is 2. The molecule has 1 heterocycles. The van der Waals surface area contributed by atoms with E-state index in [2.05, 4.69) is 31.2 Å². The van der Waals surface area contributed by atoms with E-state index >= 15 is 0 Å². The number of H-pyrrole nitrogens is 1. The molecule has 2 aromatic rings. The quantitative estimate of drug-likeness (QED) is 0.910. The first-order valence-electron chi connectivity index (χ1n) is 5.39. The number of amides is 1. The maximum Gasteiger partial charge on any atom is 0.254 e. The summed E-state index contributed by atoms with van der Waals surface area (Å²) >= 11 is 3.04. The first kappa shape index (κ1) is 12.8. The van der Waals surface area contributed by atoms with Gasteiger partial charge in [0.25, 0.3) is 5.91 Å². The fraction of sp³-hybridized carbons (Fsp3) is 0.167. The number of nitrogens with zero attached hydrogens (tertiary/aromatic N) is 1. The Kier molecular flexibility index (Phi) is 4.09. The van der Waals surface area contributed by atoms with E-state index in [1.54, 1.807) is 24.5 Å². The lowest BCUT2D eigenvalue weighted by molar-refractivity contribution is 0.0950. The molecule has 0 unspecified atom stereocenters. The van der Waals surface area contributed by atoms with E-state index in [1.165, 1.54) is 6.07 Å². The molecule has 0 aliphatic rings. The van der Waals surface area contributed by atoms with Gasteiger partial charge in [0.15, 0.2) is 0 Å². The number of nitrogens with one attached hydrogen (secondary N) is 2. The number of halogens is 2. The molecule has 18 heavy (non-hydrogen) atoms. The van der Waals surface area contributed by atoms with E-state index in [4.69, 9.17) is 0 Å². The molecule has 1 aromatic carbocycles. The molecule has 4 nitrogen and oxygen atoms in total. The molecule has 0 aliphatic heterocycles. The monoisotopic (exact) mass is 311 g/mol. The van der Waals surface area contributed by atoms with Crippen molar-refractivity contribution in [3.05, 3.63) is 52.3 Å². The van der Waals surface area contributed by atoms with Gasteiger partial charge in [-0.25, -0.2) is 9.37 Å². The third-order valence-corrected chi connectivity index (χ3v) is 3.01. The fourth-order valence-electron chi connectivity index (χ4n) is 1.50. The number of aromatic nitrogens is 2. The summed E-state index contributed by atoms with van der Waals surface area (Å²) in [6.45, 7) is 0.401. The van der Waals surface area contributed by atoms with Crippen molar-refractivity contribution in [1.29, 1.82) is 0 Å². The molecule has 0 aliphatic carbocycles. The van der Waals surface area contributed by atoms with Crippen molar-refractivity contribution < 1.29 is 9.18 Å². The van der Waals surface area contributed by atoms with E-state index < -0.39 is 11.7 Å². The van der Waals surface area contributed by atoms with Gasteiger partial charge in [-0.05, 0) is 28.1 Å². The highest BCUT2D eigenvalue weighted by Crippen LogP contribution is 2.18. The lowest BCUT2D eigenvalue weighted by Gasteiger charge is -2.06. The van der Waals surface area contributed by atoms with E-state index in [0.29, 0.717) is 13.0 Å². The van der Waals surface area contributed by atoms with Crippen LogP contribution >= 0.6 is 15.9 Å². The second kappa shape index (κ2) is 5.77. The summed E-state index contributed by atoms with van der Waals surface area (Å²) in [4.78, 5) is 18.7. The Hall–Kier alpha value is -1.69. The zero-order valence-electron chi connectivity index (χ0n) is 9.41. The first-order chi connectivity index (χ1) is 8.68. The highest BCUT2D eigenvalue weighted by Gasteiger charge is 2.13. The summed E-state index contributed by atoms with van der Waals surface area (Å²) in [5.41, 5.74) is 0.0313. The lowest BCUT2D eigenvalue weighted by Crippen LogP contribution is -2.26. The molecule has 94 valence electrons. The van der Waals surface area contributed by atoms with Crippen LogP contribution in [-0.2, 0) is 6.42 Å². The van der Waals surface area contributed by atoms with Crippen LogP contribution in [0.5, 0.6) is 0 Å². The second-order valence-corrected chi connectivity index (χ2v) is 4.50. The van der Waals surface area contributed by atoms with Crippen LogP contribution in [0.15, 0.2) is 35.1 Å². The molecule has 0 spiro atoms. The number of carbonyl (C=O) groups excluding carboxylic acids is 1. The minimum absolute atomic E-state index is 0.0313. The molecule has 6 heteroatoms.